The second-order valence-corrected chi connectivity index (χ2v) is 4.73. The van der Waals surface area contributed by atoms with E-state index in [4.69, 9.17) is 0 Å². The fourth-order valence-electron chi connectivity index (χ4n) is 2.28. The lowest BCUT2D eigenvalue weighted by Gasteiger charge is -2.03. The summed E-state index contributed by atoms with van der Waals surface area (Å²) in [6, 6.07) is 10.5. The number of fused-ring (bicyclic) bond motifs is 1. The van der Waals surface area contributed by atoms with Crippen molar-refractivity contribution in [2.45, 2.75) is 6.92 Å². The van der Waals surface area contributed by atoms with Crippen molar-refractivity contribution in [3.63, 3.8) is 0 Å². The standard InChI is InChI=1S/C14H10N4O4/c1-9-13-8-12(18(21)22)6-7-14(13)16(15-9)10-2-4-11(5-3-10)17(19)20/h2-8H,1H3. The van der Waals surface area contributed by atoms with Gasteiger partial charge in [-0.2, -0.15) is 5.10 Å². The van der Waals surface area contributed by atoms with Gasteiger partial charge in [-0.15, -0.1) is 0 Å². The van der Waals surface area contributed by atoms with E-state index in [2.05, 4.69) is 5.10 Å². The lowest BCUT2D eigenvalue weighted by molar-refractivity contribution is -0.385. The highest BCUT2D eigenvalue weighted by molar-refractivity contribution is 5.85. The average Bonchev–Trinajstić information content (AvgIpc) is 2.84. The van der Waals surface area contributed by atoms with Gasteiger partial charge in [0, 0.05) is 29.7 Å². The van der Waals surface area contributed by atoms with Crippen molar-refractivity contribution in [3.8, 4) is 5.69 Å². The fraction of sp³-hybridized carbons (Fsp3) is 0.0714. The zero-order valence-corrected chi connectivity index (χ0v) is 11.5. The van der Waals surface area contributed by atoms with E-state index in [1.807, 2.05) is 0 Å². The molecule has 0 atom stereocenters. The summed E-state index contributed by atoms with van der Waals surface area (Å²) >= 11 is 0. The van der Waals surface area contributed by atoms with E-state index in [0.29, 0.717) is 22.3 Å². The van der Waals surface area contributed by atoms with Crippen molar-refractivity contribution in [1.29, 1.82) is 0 Å². The molecule has 0 N–H and O–H groups in total. The Morgan fingerprint density at radius 3 is 2.14 bits per heavy atom. The molecule has 0 saturated carbocycles. The zero-order valence-electron chi connectivity index (χ0n) is 11.5. The number of aryl methyl sites for hydroxylation is 1. The molecule has 0 amide bonds. The third-order valence-electron chi connectivity index (χ3n) is 3.36. The minimum Gasteiger partial charge on any atom is -0.258 e. The van der Waals surface area contributed by atoms with Gasteiger partial charge < -0.3 is 0 Å². The van der Waals surface area contributed by atoms with Crippen molar-refractivity contribution in [1.82, 2.24) is 9.78 Å². The number of hydrogen-bond donors (Lipinski definition) is 0. The Kier molecular flexibility index (Phi) is 3.06. The Labute approximate surface area is 123 Å². The fourth-order valence-corrected chi connectivity index (χ4v) is 2.28. The van der Waals surface area contributed by atoms with Crippen molar-refractivity contribution in [2.75, 3.05) is 0 Å². The molecule has 0 fully saturated rings. The quantitative estimate of drug-likeness (QED) is 0.545. The smallest absolute Gasteiger partial charge is 0.258 e. The monoisotopic (exact) mass is 298 g/mol. The lowest BCUT2D eigenvalue weighted by Crippen LogP contribution is -1.97. The number of nitro groups is 2. The van der Waals surface area contributed by atoms with Gasteiger partial charge >= 0.3 is 0 Å². The molecule has 0 aliphatic heterocycles. The maximum Gasteiger partial charge on any atom is 0.270 e. The van der Waals surface area contributed by atoms with Crippen molar-refractivity contribution < 1.29 is 9.85 Å². The largest absolute Gasteiger partial charge is 0.270 e. The van der Waals surface area contributed by atoms with Crippen LogP contribution in [0.5, 0.6) is 0 Å². The Morgan fingerprint density at radius 1 is 0.955 bits per heavy atom. The molecule has 0 radical (unpaired) electrons. The van der Waals surface area contributed by atoms with Gasteiger partial charge in [-0.3, -0.25) is 20.2 Å². The van der Waals surface area contributed by atoms with Crippen LogP contribution in [0.1, 0.15) is 5.69 Å². The molecule has 2 aromatic carbocycles. The molecule has 0 aliphatic carbocycles. The molecule has 3 aromatic rings. The average molecular weight is 298 g/mol. The van der Waals surface area contributed by atoms with E-state index >= 15 is 0 Å². The molecule has 0 spiro atoms. The molecule has 1 heterocycles. The molecular formula is C14H10N4O4. The lowest BCUT2D eigenvalue weighted by atomic mass is 10.2. The summed E-state index contributed by atoms with van der Waals surface area (Å²) in [5.41, 5.74) is 2.00. The third-order valence-corrected chi connectivity index (χ3v) is 3.36. The van der Waals surface area contributed by atoms with Crippen LogP contribution in [0, 0.1) is 27.2 Å². The van der Waals surface area contributed by atoms with Gasteiger partial charge in [-0.25, -0.2) is 4.68 Å². The molecule has 3 rings (SSSR count). The van der Waals surface area contributed by atoms with E-state index in [1.165, 1.54) is 24.3 Å². The first kappa shape index (κ1) is 13.7. The Hall–Kier alpha value is -3.29. The molecule has 110 valence electrons. The van der Waals surface area contributed by atoms with Crippen LogP contribution in [0.4, 0.5) is 11.4 Å². The zero-order chi connectivity index (χ0) is 15.9. The van der Waals surface area contributed by atoms with Gasteiger partial charge in [0.1, 0.15) is 0 Å². The summed E-state index contributed by atoms with van der Waals surface area (Å²) < 4.78 is 1.61. The second kappa shape index (κ2) is 4.92. The molecular weight excluding hydrogens is 288 g/mol. The highest BCUT2D eigenvalue weighted by atomic mass is 16.6. The molecule has 1 aromatic heterocycles. The Bertz CT molecular complexity index is 899. The number of nitro benzene ring substituents is 2. The molecule has 0 unspecified atom stereocenters. The first-order valence-corrected chi connectivity index (χ1v) is 6.36. The van der Waals surface area contributed by atoms with Gasteiger partial charge in [0.15, 0.2) is 0 Å². The van der Waals surface area contributed by atoms with E-state index < -0.39 is 9.85 Å². The molecule has 0 bridgehead atoms. The predicted molar refractivity (Wildman–Crippen MR) is 79.1 cm³/mol. The van der Waals surface area contributed by atoms with E-state index in [1.54, 1.807) is 29.8 Å². The molecule has 8 nitrogen and oxygen atoms in total. The highest BCUT2D eigenvalue weighted by Crippen LogP contribution is 2.26. The number of benzene rings is 2. The number of hydrogen-bond acceptors (Lipinski definition) is 5. The highest BCUT2D eigenvalue weighted by Gasteiger charge is 2.14. The summed E-state index contributed by atoms with van der Waals surface area (Å²) in [5.74, 6) is 0. The Balaban J connectivity index is 2.15. The van der Waals surface area contributed by atoms with Gasteiger partial charge in [0.05, 0.1) is 26.7 Å². The van der Waals surface area contributed by atoms with Gasteiger partial charge in [0.25, 0.3) is 11.4 Å². The van der Waals surface area contributed by atoms with Crippen molar-refractivity contribution >= 4 is 22.3 Å². The summed E-state index contributed by atoms with van der Waals surface area (Å²) in [5, 5.41) is 26.6. The van der Waals surface area contributed by atoms with Crippen LogP contribution in [-0.2, 0) is 0 Å². The topological polar surface area (TPSA) is 104 Å². The van der Waals surface area contributed by atoms with Crippen molar-refractivity contribution in [3.05, 3.63) is 68.4 Å². The van der Waals surface area contributed by atoms with E-state index in [9.17, 15) is 20.2 Å². The second-order valence-electron chi connectivity index (χ2n) is 4.73. The van der Waals surface area contributed by atoms with E-state index in [0.717, 1.165) is 0 Å². The molecule has 8 heteroatoms. The Morgan fingerprint density at radius 2 is 1.55 bits per heavy atom. The van der Waals surface area contributed by atoms with Gasteiger partial charge in [-0.1, -0.05) is 0 Å². The first-order chi connectivity index (χ1) is 10.5. The SMILES string of the molecule is Cc1nn(-c2ccc([N+](=O)[O-])cc2)c2ccc([N+](=O)[O-])cc12. The third kappa shape index (κ3) is 2.16. The number of nitrogens with zero attached hydrogens (tertiary/aromatic N) is 4. The summed E-state index contributed by atoms with van der Waals surface area (Å²) in [4.78, 5) is 20.6. The van der Waals surface area contributed by atoms with Gasteiger partial charge in [0.2, 0.25) is 0 Å². The molecule has 0 saturated heterocycles. The van der Waals surface area contributed by atoms with E-state index in [-0.39, 0.29) is 11.4 Å². The predicted octanol–water partition coefficient (Wildman–Crippen LogP) is 3.15. The maximum absolute atomic E-state index is 10.8. The summed E-state index contributed by atoms with van der Waals surface area (Å²) in [6.07, 6.45) is 0. The number of non-ortho nitro benzene ring substituents is 2. The number of aromatic nitrogens is 2. The normalized spacial score (nSPS) is 10.8. The maximum atomic E-state index is 10.8. The van der Waals surface area contributed by atoms with Crippen LogP contribution in [0.2, 0.25) is 0 Å². The minimum absolute atomic E-state index is 0.00107. The van der Waals surface area contributed by atoms with Crippen molar-refractivity contribution in [2.24, 2.45) is 0 Å². The van der Waals surface area contributed by atoms with Crippen LogP contribution < -0.4 is 0 Å². The van der Waals surface area contributed by atoms with Gasteiger partial charge in [-0.05, 0) is 25.1 Å². The minimum atomic E-state index is -0.473. The van der Waals surface area contributed by atoms with Crippen LogP contribution in [-0.4, -0.2) is 19.6 Å². The van der Waals surface area contributed by atoms with Crippen LogP contribution in [0.25, 0.3) is 16.6 Å². The van der Waals surface area contributed by atoms with Crippen LogP contribution in [0.3, 0.4) is 0 Å². The molecule has 0 aliphatic rings. The summed E-state index contributed by atoms with van der Waals surface area (Å²) in [7, 11) is 0. The molecule has 22 heavy (non-hydrogen) atoms. The first-order valence-electron chi connectivity index (χ1n) is 6.36. The summed E-state index contributed by atoms with van der Waals surface area (Å²) in [6.45, 7) is 1.76. The number of rotatable bonds is 3. The van der Waals surface area contributed by atoms with Crippen LogP contribution in [0.15, 0.2) is 42.5 Å². The van der Waals surface area contributed by atoms with Crippen LogP contribution >= 0.6 is 0 Å².